The molecule has 0 spiro atoms. The number of hydrogen-bond donors (Lipinski definition) is 6. The largest absolute Gasteiger partial charge is 0.481 e. The second-order valence-corrected chi connectivity index (χ2v) is 13.4. The molecule has 6 unspecified atom stereocenters. The summed E-state index contributed by atoms with van der Waals surface area (Å²) in [4.78, 5) is 92.3. The first kappa shape index (κ1) is 38.4. The molecule has 2 rings (SSSR count). The maximum Gasteiger partial charge on any atom is 0.326 e. The van der Waals surface area contributed by atoms with Crippen molar-refractivity contribution in [3.8, 4) is 0 Å². The van der Waals surface area contributed by atoms with Crippen molar-refractivity contribution in [1.29, 1.82) is 0 Å². The van der Waals surface area contributed by atoms with Gasteiger partial charge in [-0.2, -0.15) is 0 Å². The second kappa shape index (κ2) is 17.2. The highest BCUT2D eigenvalue weighted by Gasteiger charge is 2.43. The van der Waals surface area contributed by atoms with Crippen LogP contribution in [-0.4, -0.2) is 111 Å². The Hall–Kier alpha value is -3.75. The molecule has 15 nitrogen and oxygen atoms in total. The smallest absolute Gasteiger partial charge is 0.326 e. The van der Waals surface area contributed by atoms with E-state index in [-0.39, 0.29) is 37.1 Å². The molecule has 0 radical (unpaired) electrons. The summed E-state index contributed by atoms with van der Waals surface area (Å²) in [6, 6.07) is -5.99. The molecule has 0 aromatic rings. The fourth-order valence-electron chi connectivity index (χ4n) is 5.80. The van der Waals surface area contributed by atoms with Crippen molar-refractivity contribution in [3.63, 3.8) is 0 Å². The number of amides is 5. The first-order valence-corrected chi connectivity index (χ1v) is 16.2. The van der Waals surface area contributed by atoms with Gasteiger partial charge in [-0.3, -0.25) is 28.8 Å². The summed E-state index contributed by atoms with van der Waals surface area (Å²) < 4.78 is 0. The summed E-state index contributed by atoms with van der Waals surface area (Å²) in [6.45, 7) is 11.5. The van der Waals surface area contributed by atoms with Gasteiger partial charge in [0.1, 0.15) is 30.2 Å². The van der Waals surface area contributed by atoms with Crippen molar-refractivity contribution in [3.05, 3.63) is 0 Å². The summed E-state index contributed by atoms with van der Waals surface area (Å²) in [5.74, 6) is -5.63. The first-order chi connectivity index (χ1) is 21.5. The Morgan fingerprint density at radius 2 is 1.26 bits per heavy atom. The van der Waals surface area contributed by atoms with Crippen LogP contribution in [0, 0.1) is 17.8 Å². The molecule has 15 heteroatoms. The summed E-state index contributed by atoms with van der Waals surface area (Å²) >= 11 is 0. The molecular weight excluding hydrogens is 600 g/mol. The summed E-state index contributed by atoms with van der Waals surface area (Å²) in [6.07, 6.45) is 1.25. The lowest BCUT2D eigenvalue weighted by molar-refractivity contribution is -0.146. The van der Waals surface area contributed by atoms with Crippen molar-refractivity contribution in [2.75, 3.05) is 13.1 Å². The van der Waals surface area contributed by atoms with E-state index >= 15 is 0 Å². The molecule has 2 fully saturated rings. The predicted octanol–water partition coefficient (Wildman–Crippen LogP) is 0.0576. The second-order valence-electron chi connectivity index (χ2n) is 13.4. The van der Waals surface area contributed by atoms with Gasteiger partial charge in [-0.25, -0.2) is 4.79 Å². The number of hydrogen-bond acceptors (Lipinski definition) is 8. The van der Waals surface area contributed by atoms with E-state index in [0.29, 0.717) is 32.2 Å². The van der Waals surface area contributed by atoms with Gasteiger partial charge in [0.25, 0.3) is 0 Å². The maximum atomic E-state index is 13.8. The number of likely N-dealkylation sites (tertiary alicyclic amines) is 2. The molecule has 2 aliphatic rings. The lowest BCUT2D eigenvalue weighted by Gasteiger charge is -2.33. The van der Waals surface area contributed by atoms with Crippen LogP contribution in [0.1, 0.15) is 86.5 Å². The number of nitrogens with one attached hydrogen (secondary N) is 3. The molecule has 0 bridgehead atoms. The molecule has 7 N–H and O–H groups in total. The third-order valence-electron chi connectivity index (χ3n) is 8.51. The third-order valence-corrected chi connectivity index (χ3v) is 8.51. The molecule has 260 valence electrons. The van der Waals surface area contributed by atoms with Gasteiger partial charge in [0, 0.05) is 19.5 Å². The van der Waals surface area contributed by atoms with Crippen LogP contribution < -0.4 is 21.7 Å². The van der Waals surface area contributed by atoms with Crippen molar-refractivity contribution in [2.24, 2.45) is 23.5 Å². The Labute approximate surface area is 270 Å². The highest BCUT2D eigenvalue weighted by atomic mass is 16.4. The first-order valence-electron chi connectivity index (χ1n) is 16.2. The summed E-state index contributed by atoms with van der Waals surface area (Å²) in [5, 5.41) is 26.3. The van der Waals surface area contributed by atoms with E-state index < -0.39 is 84.1 Å². The Morgan fingerprint density at radius 3 is 1.72 bits per heavy atom. The zero-order valence-corrected chi connectivity index (χ0v) is 27.8. The number of carbonyl (C=O) groups excluding carboxylic acids is 5. The van der Waals surface area contributed by atoms with E-state index in [1.54, 1.807) is 13.8 Å². The number of carbonyl (C=O) groups is 7. The monoisotopic (exact) mass is 652 g/mol. The van der Waals surface area contributed by atoms with E-state index in [9.17, 15) is 38.7 Å². The Balaban J connectivity index is 2.18. The third kappa shape index (κ3) is 10.4. The van der Waals surface area contributed by atoms with Gasteiger partial charge in [0.2, 0.25) is 29.5 Å². The van der Waals surface area contributed by atoms with Gasteiger partial charge in [0.15, 0.2) is 0 Å². The van der Waals surface area contributed by atoms with Crippen LogP contribution in [0.5, 0.6) is 0 Å². The minimum atomic E-state index is -1.43. The SMILES string of the molecule is CC(C)CC(NC(=O)C(N)C(C)C)C(=O)N1CCCC1C(=O)NC(C(=O)N1CCCC1C(=O)NC(CCC(=O)O)C(=O)O)C(C)C. The summed E-state index contributed by atoms with van der Waals surface area (Å²) in [7, 11) is 0. The summed E-state index contributed by atoms with van der Waals surface area (Å²) in [5.41, 5.74) is 6.01. The molecule has 0 aromatic heterocycles. The average molecular weight is 653 g/mol. The number of nitrogens with zero attached hydrogens (tertiary/aromatic N) is 2. The Kier molecular flexibility index (Phi) is 14.4. The number of carboxylic acid groups (broad SMARTS) is 2. The van der Waals surface area contributed by atoms with Gasteiger partial charge < -0.3 is 41.7 Å². The number of nitrogens with two attached hydrogens (primary N) is 1. The van der Waals surface area contributed by atoms with Gasteiger partial charge in [-0.15, -0.1) is 0 Å². The molecule has 46 heavy (non-hydrogen) atoms. The highest BCUT2D eigenvalue weighted by molar-refractivity contribution is 5.97. The van der Waals surface area contributed by atoms with Crippen LogP contribution in [-0.2, 0) is 33.6 Å². The predicted molar refractivity (Wildman–Crippen MR) is 167 cm³/mol. The van der Waals surface area contributed by atoms with Crippen LogP contribution in [0.15, 0.2) is 0 Å². The topological polar surface area (TPSA) is 229 Å². The molecular formula is C31H52N6O9. The van der Waals surface area contributed by atoms with Crippen molar-refractivity contribution < 1.29 is 43.8 Å². The highest BCUT2D eigenvalue weighted by Crippen LogP contribution is 2.24. The fraction of sp³-hybridized carbons (Fsp3) is 0.774. The van der Waals surface area contributed by atoms with E-state index in [1.165, 1.54) is 9.80 Å². The van der Waals surface area contributed by atoms with Gasteiger partial charge >= 0.3 is 11.9 Å². The van der Waals surface area contributed by atoms with E-state index in [1.807, 2.05) is 27.7 Å². The zero-order chi connectivity index (χ0) is 34.9. The van der Waals surface area contributed by atoms with Gasteiger partial charge in [-0.05, 0) is 56.3 Å². The molecule has 0 saturated carbocycles. The van der Waals surface area contributed by atoms with E-state index in [4.69, 9.17) is 10.8 Å². The van der Waals surface area contributed by atoms with Crippen molar-refractivity contribution in [2.45, 2.75) is 123 Å². The molecule has 0 aromatic carbocycles. The van der Waals surface area contributed by atoms with Gasteiger partial charge in [0.05, 0.1) is 6.04 Å². The molecule has 2 aliphatic heterocycles. The fourth-order valence-corrected chi connectivity index (χ4v) is 5.80. The lowest BCUT2D eigenvalue weighted by Crippen LogP contribution is -2.60. The quantitative estimate of drug-likeness (QED) is 0.131. The van der Waals surface area contributed by atoms with Crippen LogP contribution in [0.25, 0.3) is 0 Å². The molecule has 2 saturated heterocycles. The van der Waals surface area contributed by atoms with Crippen LogP contribution in [0.4, 0.5) is 0 Å². The Bertz CT molecular complexity index is 1140. The standard InChI is InChI=1S/C31H52N6O9/c1-16(2)15-20(34-28(42)24(32)17(3)4)29(43)36-13-7-10-22(36)27(41)35-25(18(5)6)30(44)37-14-8-9-21(37)26(40)33-19(31(45)46)11-12-23(38)39/h16-22,24-25H,7-15,32H2,1-6H3,(H,33,40)(H,34,42)(H,35,41)(H,38,39)(H,45,46). The molecule has 5 amide bonds. The number of aliphatic carboxylic acids is 2. The number of rotatable bonds is 16. The molecule has 0 aliphatic carbocycles. The lowest BCUT2D eigenvalue weighted by atomic mass is 9.99. The van der Waals surface area contributed by atoms with Crippen molar-refractivity contribution >= 4 is 41.5 Å². The molecule has 2 heterocycles. The van der Waals surface area contributed by atoms with Crippen LogP contribution >= 0.6 is 0 Å². The minimum absolute atomic E-state index is 0.0656. The van der Waals surface area contributed by atoms with Crippen LogP contribution in [0.2, 0.25) is 0 Å². The van der Waals surface area contributed by atoms with Gasteiger partial charge in [-0.1, -0.05) is 41.5 Å². The minimum Gasteiger partial charge on any atom is -0.481 e. The Morgan fingerprint density at radius 1 is 0.739 bits per heavy atom. The average Bonchev–Trinajstić information content (AvgIpc) is 3.66. The maximum absolute atomic E-state index is 13.8. The normalized spacial score (nSPS) is 20.7. The van der Waals surface area contributed by atoms with Crippen molar-refractivity contribution in [1.82, 2.24) is 25.8 Å². The number of carboxylic acids is 2. The zero-order valence-electron chi connectivity index (χ0n) is 27.8. The molecule has 6 atom stereocenters. The van der Waals surface area contributed by atoms with E-state index in [0.717, 1.165) is 0 Å². The van der Waals surface area contributed by atoms with E-state index in [2.05, 4.69) is 16.0 Å². The van der Waals surface area contributed by atoms with Crippen LogP contribution in [0.3, 0.4) is 0 Å².